The molecular weight excluding hydrogens is 366 g/mol. The maximum absolute atomic E-state index is 12.8. The summed E-state index contributed by atoms with van der Waals surface area (Å²) in [6, 6.07) is 7.69. The lowest BCUT2D eigenvalue weighted by Crippen LogP contribution is -2.29. The monoisotopic (exact) mass is 389 g/mol. The number of hydrogen-bond donors (Lipinski definition) is 1. The van der Waals surface area contributed by atoms with Crippen LogP contribution in [0.3, 0.4) is 0 Å². The van der Waals surface area contributed by atoms with E-state index in [0.717, 1.165) is 46.6 Å². The highest BCUT2D eigenvalue weighted by Gasteiger charge is 2.29. The van der Waals surface area contributed by atoms with Gasteiger partial charge in [0.2, 0.25) is 0 Å². The van der Waals surface area contributed by atoms with Gasteiger partial charge in [0, 0.05) is 36.0 Å². The Morgan fingerprint density at radius 2 is 2.14 bits per heavy atom. The largest absolute Gasteiger partial charge is 0.488 e. The molecule has 6 nitrogen and oxygen atoms in total. The summed E-state index contributed by atoms with van der Waals surface area (Å²) in [4.78, 5) is 32.4. The number of Topliss-reactive ketones (excluding diaryl/α,β-unsaturated/α-hetero) is 1. The Hall–Kier alpha value is -3.28. The predicted molar refractivity (Wildman–Crippen MR) is 112 cm³/mol. The van der Waals surface area contributed by atoms with Crippen LogP contribution in [-0.2, 0) is 0 Å². The summed E-state index contributed by atoms with van der Waals surface area (Å²) in [5.41, 5.74) is 5.15. The Morgan fingerprint density at radius 1 is 1.28 bits per heavy atom. The van der Waals surface area contributed by atoms with Crippen LogP contribution in [0.4, 0.5) is 11.5 Å². The fourth-order valence-corrected chi connectivity index (χ4v) is 4.27. The van der Waals surface area contributed by atoms with Gasteiger partial charge in [0.25, 0.3) is 5.91 Å². The van der Waals surface area contributed by atoms with Crippen molar-refractivity contribution in [3.8, 4) is 5.75 Å². The van der Waals surface area contributed by atoms with E-state index in [4.69, 9.17) is 4.74 Å². The van der Waals surface area contributed by atoms with Crippen molar-refractivity contribution in [1.29, 1.82) is 0 Å². The number of hydrogen-bond acceptors (Lipinski definition) is 4. The molecule has 1 N–H and O–H groups in total. The smallest absolute Gasteiger partial charge is 0.270 e. The molecule has 5 rings (SSSR count). The summed E-state index contributed by atoms with van der Waals surface area (Å²) in [7, 11) is 0. The number of aromatic amines is 1. The van der Waals surface area contributed by atoms with E-state index in [9.17, 15) is 9.59 Å². The minimum Gasteiger partial charge on any atom is -0.488 e. The van der Waals surface area contributed by atoms with Crippen LogP contribution in [0.25, 0.3) is 6.08 Å². The zero-order valence-corrected chi connectivity index (χ0v) is 16.5. The van der Waals surface area contributed by atoms with Crippen molar-refractivity contribution >= 4 is 29.3 Å². The SMILES string of the molecule is C=C1CCN(C(=O)c2cc3c([nH]2)N(c2ccc4c(c2)C=C(CC)C4=O)CCO3)C1. The van der Waals surface area contributed by atoms with Crippen LogP contribution in [0.2, 0.25) is 0 Å². The molecule has 3 aliphatic rings. The van der Waals surface area contributed by atoms with Crippen LogP contribution in [0.1, 0.15) is 46.2 Å². The highest BCUT2D eigenvalue weighted by atomic mass is 16.5. The second-order valence-corrected chi connectivity index (χ2v) is 7.75. The van der Waals surface area contributed by atoms with Crippen molar-refractivity contribution in [2.24, 2.45) is 0 Å². The van der Waals surface area contributed by atoms with Crippen LogP contribution in [0, 0.1) is 0 Å². The van der Waals surface area contributed by atoms with Crippen molar-refractivity contribution < 1.29 is 14.3 Å². The number of aromatic nitrogens is 1. The van der Waals surface area contributed by atoms with Gasteiger partial charge in [0.15, 0.2) is 17.4 Å². The molecule has 1 aromatic heterocycles. The molecule has 29 heavy (non-hydrogen) atoms. The number of anilines is 2. The van der Waals surface area contributed by atoms with E-state index >= 15 is 0 Å². The van der Waals surface area contributed by atoms with E-state index in [1.807, 2.05) is 36.1 Å². The van der Waals surface area contributed by atoms with Gasteiger partial charge < -0.3 is 19.5 Å². The van der Waals surface area contributed by atoms with E-state index in [-0.39, 0.29) is 11.7 Å². The number of likely N-dealkylation sites (tertiary alicyclic amines) is 1. The standard InChI is InChI=1S/C23H23N3O3/c1-3-15-10-16-11-17(4-5-18(16)21(15)27)26-8-9-29-20-12-19(24-22(20)26)23(28)25-7-6-14(2)13-25/h4-5,10-12,24H,2-3,6-9,13H2,1H3. The fourth-order valence-electron chi connectivity index (χ4n) is 4.27. The third kappa shape index (κ3) is 2.87. The van der Waals surface area contributed by atoms with Crippen LogP contribution in [0.5, 0.6) is 5.75 Å². The number of nitrogens with zero attached hydrogens (tertiary/aromatic N) is 2. The first-order valence-electron chi connectivity index (χ1n) is 10.0. The van der Waals surface area contributed by atoms with Gasteiger partial charge in [-0.3, -0.25) is 9.59 Å². The molecule has 1 aromatic carbocycles. The van der Waals surface area contributed by atoms with E-state index in [1.165, 1.54) is 0 Å². The summed E-state index contributed by atoms with van der Waals surface area (Å²) >= 11 is 0. The minimum atomic E-state index is -0.0309. The van der Waals surface area contributed by atoms with Crippen LogP contribution in [-0.4, -0.2) is 47.8 Å². The van der Waals surface area contributed by atoms with Crippen molar-refractivity contribution in [2.75, 3.05) is 31.1 Å². The van der Waals surface area contributed by atoms with Gasteiger partial charge >= 0.3 is 0 Å². The van der Waals surface area contributed by atoms with Gasteiger partial charge in [-0.15, -0.1) is 0 Å². The number of allylic oxidation sites excluding steroid dienone is 1. The fraction of sp³-hybridized carbons (Fsp3) is 0.304. The number of carbonyl (C=O) groups is 2. The second kappa shape index (κ2) is 6.65. The number of amides is 1. The number of H-pyrrole nitrogens is 1. The number of benzene rings is 1. The highest BCUT2D eigenvalue weighted by Crippen LogP contribution is 2.39. The average molecular weight is 389 g/mol. The van der Waals surface area contributed by atoms with E-state index in [2.05, 4.69) is 16.5 Å². The quantitative estimate of drug-likeness (QED) is 0.808. The molecule has 0 atom stereocenters. The Labute approximate surface area is 169 Å². The van der Waals surface area contributed by atoms with Crippen molar-refractivity contribution in [1.82, 2.24) is 9.88 Å². The molecule has 1 aliphatic carbocycles. The lowest BCUT2D eigenvalue weighted by Gasteiger charge is -2.29. The molecule has 0 radical (unpaired) electrons. The maximum Gasteiger partial charge on any atom is 0.270 e. The first-order valence-corrected chi connectivity index (χ1v) is 10.0. The molecule has 2 aromatic rings. The molecule has 1 saturated heterocycles. The third-order valence-electron chi connectivity index (χ3n) is 5.87. The molecule has 1 fully saturated rings. The molecule has 0 unspecified atom stereocenters. The van der Waals surface area contributed by atoms with Crippen molar-refractivity contribution in [3.63, 3.8) is 0 Å². The summed E-state index contributed by atoms with van der Waals surface area (Å²) in [5, 5.41) is 0. The van der Waals surface area contributed by atoms with Crippen LogP contribution < -0.4 is 9.64 Å². The van der Waals surface area contributed by atoms with Crippen molar-refractivity contribution in [3.05, 3.63) is 58.8 Å². The number of carbonyl (C=O) groups excluding carboxylic acids is 2. The molecule has 1 amide bonds. The molecule has 0 saturated carbocycles. The van der Waals surface area contributed by atoms with Gasteiger partial charge in [-0.1, -0.05) is 19.1 Å². The Morgan fingerprint density at radius 3 is 2.90 bits per heavy atom. The third-order valence-corrected chi connectivity index (χ3v) is 5.87. The Kier molecular flexibility index (Phi) is 4.08. The van der Waals surface area contributed by atoms with Crippen LogP contribution >= 0.6 is 0 Å². The predicted octanol–water partition coefficient (Wildman–Crippen LogP) is 3.94. The highest BCUT2D eigenvalue weighted by molar-refractivity contribution is 6.18. The van der Waals surface area contributed by atoms with Gasteiger partial charge in [-0.25, -0.2) is 0 Å². The zero-order chi connectivity index (χ0) is 20.1. The number of fused-ring (bicyclic) bond motifs is 2. The van der Waals surface area contributed by atoms with E-state index < -0.39 is 0 Å². The number of nitrogens with one attached hydrogen (secondary N) is 1. The van der Waals surface area contributed by atoms with Gasteiger partial charge in [0.1, 0.15) is 12.3 Å². The Bertz CT molecular complexity index is 1080. The first-order chi connectivity index (χ1) is 14.0. The van der Waals surface area contributed by atoms with Gasteiger partial charge in [-0.05, 0) is 42.7 Å². The zero-order valence-electron chi connectivity index (χ0n) is 16.5. The number of ether oxygens (including phenoxy) is 1. The minimum absolute atomic E-state index is 0.0309. The van der Waals surface area contributed by atoms with Gasteiger partial charge in [0.05, 0.1) is 6.54 Å². The molecule has 6 heteroatoms. The maximum atomic E-state index is 12.8. The number of ketones is 1. The Balaban J connectivity index is 1.47. The van der Waals surface area contributed by atoms with Crippen molar-refractivity contribution in [2.45, 2.75) is 19.8 Å². The first kappa shape index (κ1) is 17.8. The molecular formula is C23H23N3O3. The summed E-state index contributed by atoms with van der Waals surface area (Å²) in [5.74, 6) is 1.55. The lowest BCUT2D eigenvalue weighted by molar-refractivity contribution is 0.0791. The second-order valence-electron chi connectivity index (χ2n) is 7.75. The molecule has 0 bridgehead atoms. The van der Waals surface area contributed by atoms with E-state index in [0.29, 0.717) is 37.7 Å². The summed E-state index contributed by atoms with van der Waals surface area (Å²) in [6.07, 6.45) is 3.57. The topological polar surface area (TPSA) is 65.6 Å². The van der Waals surface area contributed by atoms with Crippen LogP contribution in [0.15, 0.2) is 42.0 Å². The number of rotatable bonds is 3. The molecule has 2 aliphatic heterocycles. The average Bonchev–Trinajstić information content (AvgIpc) is 3.43. The summed E-state index contributed by atoms with van der Waals surface area (Å²) in [6.45, 7) is 8.49. The lowest BCUT2D eigenvalue weighted by atomic mass is 10.1. The van der Waals surface area contributed by atoms with Gasteiger partial charge in [-0.2, -0.15) is 0 Å². The normalized spacial score (nSPS) is 17.9. The molecule has 3 heterocycles. The molecule has 0 spiro atoms. The summed E-state index contributed by atoms with van der Waals surface area (Å²) < 4.78 is 5.81. The molecule has 148 valence electrons. The van der Waals surface area contributed by atoms with E-state index in [1.54, 1.807) is 6.07 Å².